The molecule has 3 aromatic carbocycles. The van der Waals surface area contributed by atoms with Gasteiger partial charge in [0.1, 0.15) is 11.6 Å². The second-order valence-corrected chi connectivity index (χ2v) is 10.2. The van der Waals surface area contributed by atoms with Gasteiger partial charge in [0, 0.05) is 41.2 Å². The summed E-state index contributed by atoms with van der Waals surface area (Å²) in [5.74, 6) is 1.95. The number of ether oxygens (including phenoxy) is 1. The van der Waals surface area contributed by atoms with Gasteiger partial charge in [-0.1, -0.05) is 41.4 Å². The number of amides is 1. The number of benzene rings is 3. The number of aromatic nitrogens is 2. The number of anilines is 1. The second kappa shape index (κ2) is 10.5. The smallest absolute Gasteiger partial charge is 0.227 e. The fourth-order valence-electron chi connectivity index (χ4n) is 4.97. The van der Waals surface area contributed by atoms with Gasteiger partial charge in [0.05, 0.1) is 17.6 Å². The maximum atomic E-state index is 12.9. The zero-order valence-corrected chi connectivity index (χ0v) is 22.0. The van der Waals surface area contributed by atoms with E-state index in [1.807, 2.05) is 73.3 Å². The standard InChI is InChI=1S/C29H29Cl2N3O2/c1-19-14-24(15-20(2)28(19)31)36-13-6-5-12-33-26-11-4-3-10-25(26)32-29(33)21-16-27(35)34(18-21)23-9-7-8-22(30)17-23/h3-4,7-11,14-15,17,21H,5-6,12-13,16,18H2,1-2H3. The molecule has 1 fully saturated rings. The first kappa shape index (κ1) is 24.7. The van der Waals surface area contributed by atoms with Crippen LogP contribution in [-0.4, -0.2) is 28.6 Å². The molecule has 1 atom stereocenters. The molecule has 0 bridgehead atoms. The van der Waals surface area contributed by atoms with Gasteiger partial charge in [-0.15, -0.1) is 0 Å². The molecule has 0 saturated carbocycles. The van der Waals surface area contributed by atoms with Crippen LogP contribution < -0.4 is 9.64 Å². The Morgan fingerprint density at radius 2 is 1.78 bits per heavy atom. The number of carbonyl (C=O) groups is 1. The first-order chi connectivity index (χ1) is 17.4. The molecule has 36 heavy (non-hydrogen) atoms. The van der Waals surface area contributed by atoms with Crippen LogP contribution in [0.2, 0.25) is 10.0 Å². The van der Waals surface area contributed by atoms with Gasteiger partial charge in [0.15, 0.2) is 0 Å². The fraction of sp³-hybridized carbons (Fsp3) is 0.310. The largest absolute Gasteiger partial charge is 0.494 e. The van der Waals surface area contributed by atoms with Crippen molar-refractivity contribution in [3.05, 3.63) is 87.7 Å². The van der Waals surface area contributed by atoms with Gasteiger partial charge in [-0.25, -0.2) is 4.98 Å². The lowest BCUT2D eigenvalue weighted by Gasteiger charge is -2.18. The molecule has 1 saturated heterocycles. The van der Waals surface area contributed by atoms with Crippen molar-refractivity contribution in [3.8, 4) is 5.75 Å². The van der Waals surface area contributed by atoms with E-state index >= 15 is 0 Å². The molecule has 0 N–H and O–H groups in total. The summed E-state index contributed by atoms with van der Waals surface area (Å²) in [6.45, 7) is 6.04. The molecule has 1 aliphatic heterocycles. The van der Waals surface area contributed by atoms with Crippen LogP contribution in [-0.2, 0) is 11.3 Å². The highest BCUT2D eigenvalue weighted by atomic mass is 35.5. The van der Waals surface area contributed by atoms with Gasteiger partial charge in [0.2, 0.25) is 5.91 Å². The van der Waals surface area contributed by atoms with E-state index in [1.54, 1.807) is 0 Å². The average Bonchev–Trinajstić information content (AvgIpc) is 3.42. The molecule has 0 aliphatic carbocycles. The van der Waals surface area contributed by atoms with Crippen molar-refractivity contribution in [1.82, 2.24) is 9.55 Å². The third-order valence-corrected chi connectivity index (χ3v) is 7.58. The van der Waals surface area contributed by atoms with Crippen molar-refractivity contribution in [2.45, 2.75) is 45.6 Å². The van der Waals surface area contributed by atoms with E-state index in [9.17, 15) is 4.79 Å². The van der Waals surface area contributed by atoms with Crippen LogP contribution in [0.5, 0.6) is 5.75 Å². The van der Waals surface area contributed by atoms with Crippen LogP contribution in [0.4, 0.5) is 5.69 Å². The minimum Gasteiger partial charge on any atom is -0.494 e. The number of rotatable bonds is 8. The summed E-state index contributed by atoms with van der Waals surface area (Å²) < 4.78 is 8.28. The molecular weight excluding hydrogens is 493 g/mol. The van der Waals surface area contributed by atoms with Gasteiger partial charge in [-0.3, -0.25) is 4.79 Å². The lowest BCUT2D eigenvalue weighted by Crippen LogP contribution is -2.24. The molecule has 1 amide bonds. The predicted octanol–water partition coefficient (Wildman–Crippen LogP) is 7.34. The van der Waals surface area contributed by atoms with E-state index in [1.165, 1.54) is 0 Å². The molecule has 5 nitrogen and oxygen atoms in total. The number of fused-ring (bicyclic) bond motifs is 1. The summed E-state index contributed by atoms with van der Waals surface area (Å²) in [5, 5.41) is 1.42. The lowest BCUT2D eigenvalue weighted by atomic mass is 10.1. The minimum absolute atomic E-state index is 0.0279. The summed E-state index contributed by atoms with van der Waals surface area (Å²) in [6, 6.07) is 19.6. The zero-order valence-electron chi connectivity index (χ0n) is 20.5. The third kappa shape index (κ3) is 5.09. The second-order valence-electron chi connectivity index (χ2n) is 9.42. The van der Waals surface area contributed by atoms with E-state index in [0.29, 0.717) is 24.6 Å². The molecule has 7 heteroatoms. The SMILES string of the molecule is Cc1cc(OCCCCn2c(C3CC(=O)N(c4cccc(Cl)c4)C3)nc3ccccc32)cc(C)c1Cl. The number of carbonyl (C=O) groups excluding carboxylic acids is 1. The number of nitrogens with zero attached hydrogens (tertiary/aromatic N) is 3. The number of aryl methyl sites for hydroxylation is 3. The number of halogens is 2. The highest BCUT2D eigenvalue weighted by molar-refractivity contribution is 6.32. The average molecular weight is 522 g/mol. The molecule has 0 radical (unpaired) electrons. The van der Waals surface area contributed by atoms with Gasteiger partial charge < -0.3 is 14.2 Å². The van der Waals surface area contributed by atoms with E-state index in [-0.39, 0.29) is 11.8 Å². The van der Waals surface area contributed by atoms with Crippen molar-refractivity contribution < 1.29 is 9.53 Å². The van der Waals surface area contributed by atoms with Crippen LogP contribution in [0.1, 0.15) is 42.1 Å². The summed E-state index contributed by atoms with van der Waals surface area (Å²) in [7, 11) is 0. The van der Waals surface area contributed by atoms with Crippen molar-refractivity contribution in [2.75, 3.05) is 18.1 Å². The van der Waals surface area contributed by atoms with Crippen LogP contribution >= 0.6 is 23.2 Å². The Labute approximate surface area is 221 Å². The Morgan fingerprint density at radius 3 is 2.56 bits per heavy atom. The first-order valence-corrected chi connectivity index (χ1v) is 13.1. The lowest BCUT2D eigenvalue weighted by molar-refractivity contribution is -0.117. The molecule has 1 unspecified atom stereocenters. The topological polar surface area (TPSA) is 47.4 Å². The van der Waals surface area contributed by atoms with Crippen molar-refractivity contribution in [1.29, 1.82) is 0 Å². The summed E-state index contributed by atoms with van der Waals surface area (Å²) in [6.07, 6.45) is 2.29. The van der Waals surface area contributed by atoms with Crippen LogP contribution in [0.25, 0.3) is 11.0 Å². The van der Waals surface area contributed by atoms with Gasteiger partial charge in [0.25, 0.3) is 0 Å². The van der Waals surface area contributed by atoms with Gasteiger partial charge >= 0.3 is 0 Å². The molecule has 1 aliphatic rings. The van der Waals surface area contributed by atoms with Crippen LogP contribution in [0.3, 0.4) is 0 Å². The summed E-state index contributed by atoms with van der Waals surface area (Å²) in [5.41, 5.74) is 4.95. The first-order valence-electron chi connectivity index (χ1n) is 12.3. The molecular formula is C29H29Cl2N3O2. The fourth-order valence-corrected chi connectivity index (χ4v) is 5.26. The Balaban J connectivity index is 1.28. The van der Waals surface area contributed by atoms with Crippen molar-refractivity contribution in [2.24, 2.45) is 0 Å². The molecule has 2 heterocycles. The molecule has 186 valence electrons. The minimum atomic E-state index is 0.0279. The van der Waals surface area contributed by atoms with Gasteiger partial charge in [-0.05, 0) is 80.3 Å². The Bertz CT molecular complexity index is 1390. The molecule has 5 rings (SSSR count). The highest BCUT2D eigenvalue weighted by Crippen LogP contribution is 2.34. The van der Waals surface area contributed by atoms with E-state index in [2.05, 4.69) is 10.6 Å². The predicted molar refractivity (Wildman–Crippen MR) is 147 cm³/mol. The molecule has 1 aromatic heterocycles. The molecule has 0 spiro atoms. The van der Waals surface area contributed by atoms with Crippen LogP contribution in [0, 0.1) is 13.8 Å². The normalized spacial score (nSPS) is 15.7. The Morgan fingerprint density at radius 1 is 1.00 bits per heavy atom. The number of hydrogen-bond donors (Lipinski definition) is 0. The van der Waals surface area contributed by atoms with E-state index in [4.69, 9.17) is 32.9 Å². The number of unbranched alkanes of at least 4 members (excludes halogenated alkanes) is 1. The Hall–Kier alpha value is -3.02. The number of para-hydroxylation sites is 2. The number of hydrogen-bond acceptors (Lipinski definition) is 3. The third-order valence-electron chi connectivity index (χ3n) is 6.75. The summed E-state index contributed by atoms with van der Waals surface area (Å²) >= 11 is 12.4. The number of imidazole rings is 1. The zero-order chi connectivity index (χ0) is 25.2. The Kier molecular flexibility index (Phi) is 7.22. The van der Waals surface area contributed by atoms with Gasteiger partial charge in [-0.2, -0.15) is 0 Å². The van der Waals surface area contributed by atoms with E-state index in [0.717, 1.165) is 63.8 Å². The monoisotopic (exact) mass is 521 g/mol. The quantitative estimate of drug-likeness (QED) is 0.228. The highest BCUT2D eigenvalue weighted by Gasteiger charge is 2.34. The van der Waals surface area contributed by atoms with Crippen molar-refractivity contribution in [3.63, 3.8) is 0 Å². The maximum Gasteiger partial charge on any atom is 0.227 e. The van der Waals surface area contributed by atoms with E-state index < -0.39 is 0 Å². The van der Waals surface area contributed by atoms with Crippen molar-refractivity contribution >= 4 is 45.8 Å². The molecule has 4 aromatic rings. The maximum absolute atomic E-state index is 12.9. The summed E-state index contributed by atoms with van der Waals surface area (Å²) in [4.78, 5) is 19.7. The van der Waals surface area contributed by atoms with Crippen LogP contribution in [0.15, 0.2) is 60.7 Å².